The predicted octanol–water partition coefficient (Wildman–Crippen LogP) is 1.56. The highest BCUT2D eigenvalue weighted by Crippen LogP contribution is 2.61. The molecule has 0 aromatic carbocycles. The zero-order valence-electron chi connectivity index (χ0n) is 21.1. The maximum atomic E-state index is 13.9. The Hall–Kier alpha value is -1.71. The second-order valence-corrected chi connectivity index (χ2v) is 12.5. The molecule has 7 fully saturated rings. The van der Waals surface area contributed by atoms with Crippen molar-refractivity contribution in [3.63, 3.8) is 0 Å². The van der Waals surface area contributed by atoms with E-state index in [1.54, 1.807) is 0 Å². The lowest BCUT2D eigenvalue weighted by atomic mass is 9.78. The molecule has 0 amide bonds. The summed E-state index contributed by atoms with van der Waals surface area (Å²) in [7, 11) is 0. The number of hydrogen-bond donors (Lipinski definition) is 0. The van der Waals surface area contributed by atoms with Crippen molar-refractivity contribution in [2.24, 2.45) is 41.4 Å². The molecule has 3 saturated carbocycles. The Balaban J connectivity index is 1.07. The lowest BCUT2D eigenvalue weighted by Gasteiger charge is -2.38. The Bertz CT molecular complexity index is 928. The molecule has 0 radical (unpaired) electrons. The minimum atomic E-state index is -0.605. The highest BCUT2D eigenvalue weighted by atomic mass is 16.6. The number of fused-ring (bicyclic) bond motifs is 6. The van der Waals surface area contributed by atoms with Crippen molar-refractivity contribution >= 4 is 17.9 Å². The van der Waals surface area contributed by atoms with E-state index in [1.807, 2.05) is 4.90 Å². The molecule has 7 aliphatic rings. The summed E-state index contributed by atoms with van der Waals surface area (Å²) in [6.45, 7) is 7.02. The lowest BCUT2D eigenvalue weighted by molar-refractivity contribution is -0.180. The third kappa shape index (κ3) is 3.41. The predicted molar refractivity (Wildman–Crippen MR) is 123 cm³/mol. The molecule has 10 unspecified atom stereocenters. The van der Waals surface area contributed by atoms with Crippen molar-refractivity contribution in [1.29, 1.82) is 0 Å². The van der Waals surface area contributed by atoms with E-state index in [-0.39, 0.29) is 42.2 Å². The average molecular weight is 504 g/mol. The number of esters is 3. The van der Waals surface area contributed by atoms with E-state index in [0.29, 0.717) is 56.8 Å². The van der Waals surface area contributed by atoms with Crippen LogP contribution in [0.1, 0.15) is 46.0 Å². The average Bonchev–Trinajstić information content (AvgIpc) is 3.65. The van der Waals surface area contributed by atoms with Crippen molar-refractivity contribution in [2.75, 3.05) is 32.8 Å². The van der Waals surface area contributed by atoms with Crippen LogP contribution in [0.3, 0.4) is 0 Å². The molecule has 36 heavy (non-hydrogen) atoms. The lowest BCUT2D eigenvalue weighted by Crippen LogP contribution is -2.48. The SMILES string of the molecule is CC(C)C1(OC(=O)C2C3CC4C(OC(=O)C42)C3OC(=O)CN2CCOCC2)CC2C3CCC(O3)C2C1. The van der Waals surface area contributed by atoms with Crippen LogP contribution < -0.4 is 0 Å². The van der Waals surface area contributed by atoms with Crippen molar-refractivity contribution < 1.29 is 38.1 Å². The summed E-state index contributed by atoms with van der Waals surface area (Å²) < 4.78 is 29.6. The van der Waals surface area contributed by atoms with Crippen molar-refractivity contribution in [3.8, 4) is 0 Å². The van der Waals surface area contributed by atoms with Gasteiger partial charge in [0.2, 0.25) is 0 Å². The Kier molecular flexibility index (Phi) is 5.46. The second kappa shape index (κ2) is 8.40. The van der Waals surface area contributed by atoms with Crippen LogP contribution in [0.25, 0.3) is 0 Å². The summed E-state index contributed by atoms with van der Waals surface area (Å²) in [6.07, 6.45) is 4.10. The molecule has 10 atom stereocenters. The van der Waals surface area contributed by atoms with Crippen LogP contribution in [0.15, 0.2) is 0 Å². The van der Waals surface area contributed by atoms with Crippen LogP contribution in [0, 0.1) is 41.4 Å². The van der Waals surface area contributed by atoms with Gasteiger partial charge >= 0.3 is 17.9 Å². The molecule has 0 aromatic heterocycles. The molecule has 0 N–H and O–H groups in total. The van der Waals surface area contributed by atoms with Crippen LogP contribution in [0.5, 0.6) is 0 Å². The van der Waals surface area contributed by atoms with E-state index in [0.717, 1.165) is 25.7 Å². The molecule has 4 aliphatic heterocycles. The topological polar surface area (TPSA) is 101 Å². The summed E-state index contributed by atoms with van der Waals surface area (Å²) in [5, 5.41) is 0. The highest BCUT2D eigenvalue weighted by molar-refractivity contribution is 5.86. The standard InChI is InChI=1S/C27H37NO8/c1-13(2)27(10-16-17(11-27)19-4-3-18(16)33-19)36-26(31)22-15-9-14-21(22)25(30)35-24(14)23(15)34-20(29)12-28-5-7-32-8-6-28/h13-19,21-24H,3-12H2,1-2H3. The Morgan fingerprint density at radius 3 is 2.42 bits per heavy atom. The monoisotopic (exact) mass is 503 g/mol. The number of rotatable bonds is 6. The van der Waals surface area contributed by atoms with Crippen LogP contribution in [0.2, 0.25) is 0 Å². The van der Waals surface area contributed by atoms with Gasteiger partial charge < -0.3 is 23.7 Å². The first-order valence-electron chi connectivity index (χ1n) is 13.9. The first-order valence-corrected chi connectivity index (χ1v) is 13.9. The number of carbonyl (C=O) groups excluding carboxylic acids is 3. The quantitative estimate of drug-likeness (QED) is 0.395. The molecule has 4 heterocycles. The Morgan fingerprint density at radius 1 is 1.06 bits per heavy atom. The van der Waals surface area contributed by atoms with E-state index in [2.05, 4.69) is 13.8 Å². The molecular weight excluding hydrogens is 466 g/mol. The van der Waals surface area contributed by atoms with E-state index < -0.39 is 29.6 Å². The Labute approximate surface area is 211 Å². The van der Waals surface area contributed by atoms with Gasteiger partial charge in [0.15, 0.2) is 0 Å². The third-order valence-electron chi connectivity index (χ3n) is 10.7. The number of carbonyl (C=O) groups is 3. The van der Waals surface area contributed by atoms with Crippen molar-refractivity contribution in [3.05, 3.63) is 0 Å². The highest BCUT2D eigenvalue weighted by Gasteiger charge is 2.71. The van der Waals surface area contributed by atoms with E-state index >= 15 is 0 Å². The molecule has 0 aromatic rings. The van der Waals surface area contributed by atoms with Crippen LogP contribution in [0.4, 0.5) is 0 Å². The fraction of sp³-hybridized carbons (Fsp3) is 0.889. The summed E-state index contributed by atoms with van der Waals surface area (Å²) in [6, 6.07) is 0. The molecule has 9 heteroatoms. The van der Waals surface area contributed by atoms with Gasteiger partial charge in [0.1, 0.15) is 17.8 Å². The summed E-state index contributed by atoms with van der Waals surface area (Å²) >= 11 is 0. The number of nitrogens with zero attached hydrogens (tertiary/aromatic N) is 1. The smallest absolute Gasteiger partial charge is 0.320 e. The van der Waals surface area contributed by atoms with Crippen LogP contribution in [-0.2, 0) is 38.1 Å². The van der Waals surface area contributed by atoms with Gasteiger partial charge in [-0.2, -0.15) is 0 Å². The van der Waals surface area contributed by atoms with Crippen molar-refractivity contribution in [2.45, 2.75) is 76.0 Å². The van der Waals surface area contributed by atoms with Gasteiger partial charge in [0.05, 0.1) is 43.8 Å². The molecule has 198 valence electrons. The maximum Gasteiger partial charge on any atom is 0.320 e. The zero-order valence-corrected chi connectivity index (χ0v) is 21.1. The fourth-order valence-corrected chi connectivity index (χ4v) is 8.86. The van der Waals surface area contributed by atoms with Crippen molar-refractivity contribution in [1.82, 2.24) is 4.90 Å². The largest absolute Gasteiger partial charge is 0.459 e. The van der Waals surface area contributed by atoms with E-state index in [1.165, 1.54) is 0 Å². The molecule has 3 aliphatic carbocycles. The number of hydrogen-bond acceptors (Lipinski definition) is 9. The summed E-state index contributed by atoms with van der Waals surface area (Å²) in [5.74, 6) is -1.30. The van der Waals surface area contributed by atoms with Gasteiger partial charge in [-0.25, -0.2) is 0 Å². The Morgan fingerprint density at radius 2 is 1.75 bits per heavy atom. The number of ether oxygens (including phenoxy) is 5. The van der Waals surface area contributed by atoms with Crippen LogP contribution in [-0.4, -0.2) is 85.7 Å². The van der Waals surface area contributed by atoms with Gasteiger partial charge in [-0.1, -0.05) is 13.8 Å². The second-order valence-electron chi connectivity index (χ2n) is 12.5. The van der Waals surface area contributed by atoms with Gasteiger partial charge in [-0.15, -0.1) is 0 Å². The molecule has 7 rings (SSSR count). The minimum absolute atomic E-state index is 0.0801. The summed E-state index contributed by atoms with van der Waals surface area (Å²) in [5.41, 5.74) is -0.525. The van der Waals surface area contributed by atoms with Crippen LogP contribution >= 0.6 is 0 Å². The van der Waals surface area contributed by atoms with E-state index in [4.69, 9.17) is 23.7 Å². The normalized spacial score (nSPS) is 48.5. The fourth-order valence-electron chi connectivity index (χ4n) is 8.86. The molecule has 0 spiro atoms. The van der Waals surface area contributed by atoms with E-state index in [9.17, 15) is 14.4 Å². The molecule has 4 saturated heterocycles. The molecule has 9 nitrogen and oxygen atoms in total. The van der Waals surface area contributed by atoms with Gasteiger partial charge in [-0.3, -0.25) is 19.3 Å². The molecular formula is C27H37NO8. The minimum Gasteiger partial charge on any atom is -0.459 e. The summed E-state index contributed by atoms with van der Waals surface area (Å²) in [4.78, 5) is 41.5. The maximum absolute atomic E-state index is 13.9. The zero-order chi connectivity index (χ0) is 24.8. The first-order chi connectivity index (χ1) is 17.3. The van der Waals surface area contributed by atoms with Gasteiger partial charge in [-0.05, 0) is 49.9 Å². The first kappa shape index (κ1) is 23.4. The molecule has 4 bridgehead atoms. The van der Waals surface area contributed by atoms with Gasteiger partial charge in [0, 0.05) is 24.9 Å². The van der Waals surface area contributed by atoms with Gasteiger partial charge in [0.25, 0.3) is 0 Å². The third-order valence-corrected chi connectivity index (χ3v) is 10.7. The number of morpholine rings is 1.